The van der Waals surface area contributed by atoms with Gasteiger partial charge in [-0.05, 0) is 45.6 Å². The van der Waals surface area contributed by atoms with Crippen molar-refractivity contribution in [3.8, 4) is 5.88 Å². The first-order valence-corrected chi connectivity index (χ1v) is 11.8. The average Bonchev–Trinajstić information content (AvgIpc) is 3.40. The number of aliphatic hydroxyl groups is 1. The van der Waals surface area contributed by atoms with Crippen molar-refractivity contribution in [2.24, 2.45) is 0 Å². The summed E-state index contributed by atoms with van der Waals surface area (Å²) in [4.78, 5) is 15.2. The van der Waals surface area contributed by atoms with Gasteiger partial charge in [0.15, 0.2) is 0 Å². The highest BCUT2D eigenvalue weighted by Gasteiger charge is 2.41. The Morgan fingerprint density at radius 2 is 1.94 bits per heavy atom. The van der Waals surface area contributed by atoms with E-state index < -0.39 is 6.10 Å². The molecule has 5 rings (SSSR count). The normalized spacial score (nSPS) is 23.5. The zero-order chi connectivity index (χ0) is 23.8. The van der Waals surface area contributed by atoms with Gasteiger partial charge in [-0.2, -0.15) is 5.10 Å². The number of aromatic nitrogens is 4. The lowest BCUT2D eigenvalue weighted by Gasteiger charge is -2.39. The molecule has 2 aliphatic heterocycles. The van der Waals surface area contributed by atoms with Gasteiger partial charge in [0, 0.05) is 30.3 Å². The van der Waals surface area contributed by atoms with E-state index in [1.807, 2.05) is 6.07 Å². The van der Waals surface area contributed by atoms with Crippen LogP contribution in [0.4, 0.5) is 4.39 Å². The number of rotatable bonds is 8. The van der Waals surface area contributed by atoms with Crippen LogP contribution in [-0.4, -0.2) is 60.3 Å². The molecule has 34 heavy (non-hydrogen) atoms. The molecule has 3 aromatic rings. The first-order valence-electron chi connectivity index (χ1n) is 11.8. The van der Waals surface area contributed by atoms with E-state index in [9.17, 15) is 14.3 Å². The maximum atomic E-state index is 13.9. The van der Waals surface area contributed by atoms with Gasteiger partial charge >= 0.3 is 5.69 Å². The molecular formula is C24H30FN5O4. The number of ether oxygens (including phenoxy) is 1. The molecule has 9 nitrogen and oxygen atoms in total. The molecule has 2 bridgehead atoms. The van der Waals surface area contributed by atoms with Crippen LogP contribution in [0.1, 0.15) is 42.8 Å². The number of halogens is 1. The highest BCUT2D eigenvalue weighted by molar-refractivity contribution is 5.21. The van der Waals surface area contributed by atoms with Gasteiger partial charge in [0.25, 0.3) is 0 Å². The van der Waals surface area contributed by atoms with Gasteiger partial charge in [-0.1, -0.05) is 23.4 Å². The molecule has 0 spiro atoms. The third-order valence-corrected chi connectivity index (χ3v) is 6.92. The van der Waals surface area contributed by atoms with Crippen LogP contribution in [0.3, 0.4) is 0 Å². The second kappa shape index (κ2) is 9.44. The number of benzene rings is 1. The van der Waals surface area contributed by atoms with Crippen molar-refractivity contribution >= 4 is 0 Å². The number of nitrogens with zero attached hydrogens (tertiary/aromatic N) is 5. The van der Waals surface area contributed by atoms with E-state index in [2.05, 4.69) is 15.2 Å². The Balaban J connectivity index is 1.18. The molecule has 0 radical (unpaired) electrons. The van der Waals surface area contributed by atoms with Gasteiger partial charge in [-0.25, -0.2) is 18.4 Å². The fraction of sp³-hybridized carbons (Fsp3) is 0.542. The van der Waals surface area contributed by atoms with Gasteiger partial charge in [0.1, 0.15) is 11.6 Å². The molecule has 182 valence electrons. The van der Waals surface area contributed by atoms with Crippen LogP contribution in [0, 0.1) is 19.7 Å². The highest BCUT2D eigenvalue weighted by Crippen LogP contribution is 2.37. The highest BCUT2D eigenvalue weighted by atomic mass is 19.1. The van der Waals surface area contributed by atoms with Crippen LogP contribution < -0.4 is 5.69 Å². The van der Waals surface area contributed by atoms with Crippen molar-refractivity contribution in [2.75, 3.05) is 6.54 Å². The van der Waals surface area contributed by atoms with Crippen LogP contribution in [0.5, 0.6) is 0 Å². The Labute approximate surface area is 196 Å². The molecule has 10 heteroatoms. The lowest BCUT2D eigenvalue weighted by Crippen LogP contribution is -2.49. The van der Waals surface area contributed by atoms with Gasteiger partial charge in [0.05, 0.1) is 31.1 Å². The van der Waals surface area contributed by atoms with E-state index in [1.54, 1.807) is 32.0 Å². The van der Waals surface area contributed by atoms with Crippen molar-refractivity contribution in [1.82, 2.24) is 24.4 Å². The van der Waals surface area contributed by atoms with Crippen LogP contribution in [0.2, 0.25) is 0 Å². The number of hydrogen-bond acceptors (Lipinski definition) is 7. The molecule has 2 aromatic heterocycles. The molecule has 0 saturated carbocycles. The summed E-state index contributed by atoms with van der Waals surface area (Å²) in [5, 5.41) is 18.9. The van der Waals surface area contributed by atoms with E-state index >= 15 is 0 Å². The fourth-order valence-electron chi connectivity index (χ4n) is 5.33. The van der Waals surface area contributed by atoms with E-state index in [0.717, 1.165) is 25.7 Å². The maximum Gasteiger partial charge on any atom is 0.353 e. The molecule has 4 heterocycles. The van der Waals surface area contributed by atoms with Crippen molar-refractivity contribution in [3.63, 3.8) is 0 Å². The molecule has 3 unspecified atom stereocenters. The van der Waals surface area contributed by atoms with Crippen molar-refractivity contribution in [2.45, 2.75) is 77.0 Å². The minimum Gasteiger partial charge on any atom is -0.390 e. The largest absolute Gasteiger partial charge is 0.390 e. The molecule has 1 N–H and O–H groups in total. The van der Waals surface area contributed by atoms with E-state index in [1.165, 1.54) is 15.3 Å². The standard InChI is InChI=1S/C24H30FN5O4/c1-15-9-23(34-27-15)30-16(2)26-29(24(30)32)13-20(31)12-28-18-7-8-19(28)11-21(10-18)33-14-17-5-3-4-6-22(17)25/h3-6,9,18-21,31H,7-8,10-14H2,1-2H3. The number of aryl methyl sites for hydroxylation is 2. The molecule has 1 aromatic carbocycles. The Morgan fingerprint density at radius 1 is 1.21 bits per heavy atom. The predicted octanol–water partition coefficient (Wildman–Crippen LogP) is 2.35. The smallest absolute Gasteiger partial charge is 0.353 e. The summed E-state index contributed by atoms with van der Waals surface area (Å²) >= 11 is 0. The first kappa shape index (κ1) is 22.9. The zero-order valence-corrected chi connectivity index (χ0v) is 19.4. The van der Waals surface area contributed by atoms with Crippen LogP contribution >= 0.6 is 0 Å². The molecule has 3 atom stereocenters. The topological polar surface area (TPSA) is 98.6 Å². The maximum absolute atomic E-state index is 13.9. The van der Waals surface area contributed by atoms with Gasteiger partial charge < -0.3 is 14.4 Å². The number of piperidine rings is 1. The summed E-state index contributed by atoms with van der Waals surface area (Å²) in [5.74, 6) is 0.551. The minimum atomic E-state index is -0.740. The summed E-state index contributed by atoms with van der Waals surface area (Å²) < 4.78 is 27.8. The second-order valence-corrected chi connectivity index (χ2v) is 9.39. The van der Waals surface area contributed by atoms with Crippen molar-refractivity contribution < 1.29 is 18.8 Å². The zero-order valence-electron chi connectivity index (χ0n) is 19.4. The van der Waals surface area contributed by atoms with Crippen LogP contribution in [0.25, 0.3) is 5.88 Å². The quantitative estimate of drug-likeness (QED) is 0.539. The number of hydrogen-bond donors (Lipinski definition) is 1. The lowest BCUT2D eigenvalue weighted by atomic mass is 9.99. The number of aliphatic hydroxyl groups excluding tert-OH is 1. The molecule has 0 aliphatic carbocycles. The molecule has 2 fully saturated rings. The summed E-state index contributed by atoms with van der Waals surface area (Å²) in [6.07, 6.45) is 3.16. The summed E-state index contributed by atoms with van der Waals surface area (Å²) in [6.45, 7) is 4.34. The Bertz CT molecular complexity index is 1190. The number of fused-ring (bicyclic) bond motifs is 2. The minimum absolute atomic E-state index is 0.0804. The van der Waals surface area contributed by atoms with Crippen molar-refractivity contribution in [1.29, 1.82) is 0 Å². The van der Waals surface area contributed by atoms with E-state index in [0.29, 0.717) is 41.6 Å². The third-order valence-electron chi connectivity index (χ3n) is 6.92. The Hall–Kier alpha value is -2.82. The lowest BCUT2D eigenvalue weighted by molar-refractivity contribution is -0.0408. The monoisotopic (exact) mass is 471 g/mol. The van der Waals surface area contributed by atoms with Gasteiger partial charge in [-0.15, -0.1) is 0 Å². The predicted molar refractivity (Wildman–Crippen MR) is 121 cm³/mol. The molecular weight excluding hydrogens is 441 g/mol. The molecule has 2 aliphatic rings. The Kier molecular flexibility index (Phi) is 6.37. The van der Waals surface area contributed by atoms with Crippen LogP contribution in [0.15, 0.2) is 39.6 Å². The SMILES string of the molecule is Cc1cc(-n2c(C)nn(CC(O)CN3C4CCC3CC(OCc3ccccc3F)C4)c2=O)on1. The fourth-order valence-corrected chi connectivity index (χ4v) is 5.33. The Morgan fingerprint density at radius 3 is 2.62 bits per heavy atom. The second-order valence-electron chi connectivity index (χ2n) is 9.39. The summed E-state index contributed by atoms with van der Waals surface area (Å²) in [6, 6.07) is 9.00. The van der Waals surface area contributed by atoms with Gasteiger partial charge in [-0.3, -0.25) is 4.90 Å². The summed E-state index contributed by atoms with van der Waals surface area (Å²) in [7, 11) is 0. The van der Waals surface area contributed by atoms with Gasteiger partial charge in [0.2, 0.25) is 5.88 Å². The van der Waals surface area contributed by atoms with Crippen molar-refractivity contribution in [3.05, 3.63) is 63.7 Å². The van der Waals surface area contributed by atoms with Crippen LogP contribution in [-0.2, 0) is 17.9 Å². The first-order chi connectivity index (χ1) is 16.4. The summed E-state index contributed by atoms with van der Waals surface area (Å²) in [5.41, 5.74) is 0.884. The van der Waals surface area contributed by atoms with E-state index in [4.69, 9.17) is 9.26 Å². The van der Waals surface area contributed by atoms with E-state index in [-0.39, 0.29) is 30.8 Å². The average molecular weight is 472 g/mol. The molecule has 0 amide bonds. The third kappa shape index (κ3) is 4.57. The molecule has 2 saturated heterocycles.